The lowest BCUT2D eigenvalue weighted by Gasteiger charge is -2.07. The summed E-state index contributed by atoms with van der Waals surface area (Å²) >= 11 is 0. The second kappa shape index (κ2) is 5.47. The Balaban J connectivity index is 2.55. The van der Waals surface area contributed by atoms with Crippen LogP contribution >= 0.6 is 0 Å². The Labute approximate surface area is 113 Å². The maximum Gasteiger partial charge on any atom is 0.332 e. The molecule has 20 heavy (non-hydrogen) atoms. The molecule has 0 saturated carbocycles. The van der Waals surface area contributed by atoms with E-state index in [1.165, 1.54) is 37.2 Å². The number of aryl methyl sites for hydroxylation is 1. The summed E-state index contributed by atoms with van der Waals surface area (Å²) in [4.78, 5) is 43.0. The summed E-state index contributed by atoms with van der Waals surface area (Å²) in [6, 6.07) is 0. The van der Waals surface area contributed by atoms with Gasteiger partial charge in [-0.25, -0.2) is 19.6 Å². The Morgan fingerprint density at radius 3 is 2.75 bits per heavy atom. The van der Waals surface area contributed by atoms with Crippen LogP contribution in [-0.2, 0) is 23.1 Å². The maximum atomic E-state index is 12.1. The van der Waals surface area contributed by atoms with Gasteiger partial charge in [-0.2, -0.15) is 0 Å². The van der Waals surface area contributed by atoms with E-state index in [2.05, 4.69) is 14.7 Å². The molecular formula is C12H12N4O4. The van der Waals surface area contributed by atoms with Gasteiger partial charge in [0.05, 0.1) is 7.11 Å². The Hall–Kier alpha value is -2.77. The summed E-state index contributed by atoms with van der Waals surface area (Å²) < 4.78 is 6.62. The molecule has 0 bridgehead atoms. The summed E-state index contributed by atoms with van der Waals surface area (Å²) in [6.45, 7) is -0.0485. The fourth-order valence-corrected chi connectivity index (χ4v) is 1.70. The largest absolute Gasteiger partial charge is 0.466 e. The molecule has 0 N–H and O–H groups in total. The molecule has 8 heteroatoms. The number of esters is 1. The van der Waals surface area contributed by atoms with Crippen molar-refractivity contribution in [2.45, 2.75) is 6.54 Å². The molecular weight excluding hydrogens is 264 g/mol. The van der Waals surface area contributed by atoms with Gasteiger partial charge in [0.15, 0.2) is 11.2 Å². The Bertz CT molecular complexity index is 803. The number of ether oxygens (including phenoxy) is 1. The summed E-state index contributed by atoms with van der Waals surface area (Å²) in [5.74, 6) is -0.560. The highest BCUT2D eigenvalue weighted by atomic mass is 16.5. The lowest BCUT2D eigenvalue weighted by atomic mass is 10.4. The SMILES string of the molecule is COC(=O)/C=C\Cn1c(=O)c2nccnc2n(C)c1=O. The molecule has 2 heterocycles. The predicted octanol–water partition coefficient (Wildman–Crippen LogP) is -0.781. The topological polar surface area (TPSA) is 96.1 Å². The van der Waals surface area contributed by atoms with Crippen LogP contribution in [0.4, 0.5) is 0 Å². The number of carbonyl (C=O) groups excluding carboxylic acids is 1. The Kier molecular flexibility index (Phi) is 3.74. The molecule has 0 aliphatic heterocycles. The summed E-state index contributed by atoms with van der Waals surface area (Å²) in [5.41, 5.74) is -0.764. The van der Waals surface area contributed by atoms with E-state index in [1.807, 2.05) is 0 Å². The highest BCUT2D eigenvalue weighted by Crippen LogP contribution is 1.97. The van der Waals surface area contributed by atoms with Crippen LogP contribution in [0.15, 0.2) is 34.1 Å². The smallest absolute Gasteiger partial charge is 0.332 e. The zero-order chi connectivity index (χ0) is 14.7. The molecule has 104 valence electrons. The molecule has 8 nitrogen and oxygen atoms in total. The number of allylic oxidation sites excluding steroid dienone is 1. The van der Waals surface area contributed by atoms with Crippen molar-refractivity contribution in [1.82, 2.24) is 19.1 Å². The average Bonchev–Trinajstić information content (AvgIpc) is 2.48. The van der Waals surface area contributed by atoms with E-state index >= 15 is 0 Å². The summed E-state index contributed by atoms with van der Waals surface area (Å²) in [5, 5.41) is 0. The number of hydrogen-bond donors (Lipinski definition) is 0. The highest BCUT2D eigenvalue weighted by molar-refractivity contribution is 5.81. The van der Waals surface area contributed by atoms with E-state index < -0.39 is 17.2 Å². The molecule has 0 amide bonds. The lowest BCUT2D eigenvalue weighted by molar-refractivity contribution is -0.134. The van der Waals surface area contributed by atoms with Crippen molar-refractivity contribution < 1.29 is 9.53 Å². The fraction of sp³-hybridized carbons (Fsp3) is 0.250. The first-order chi connectivity index (χ1) is 9.56. The molecule has 2 aromatic heterocycles. The number of aromatic nitrogens is 4. The third kappa shape index (κ3) is 2.35. The van der Waals surface area contributed by atoms with E-state index in [9.17, 15) is 14.4 Å². The molecule has 0 saturated heterocycles. The lowest BCUT2D eigenvalue weighted by Crippen LogP contribution is -2.39. The molecule has 0 spiro atoms. The second-order valence-electron chi connectivity index (χ2n) is 3.91. The van der Waals surface area contributed by atoms with Gasteiger partial charge in [-0.3, -0.25) is 13.9 Å². The zero-order valence-corrected chi connectivity index (χ0v) is 10.9. The molecule has 2 aromatic rings. The van der Waals surface area contributed by atoms with Crippen LogP contribution in [0.2, 0.25) is 0 Å². The third-order valence-electron chi connectivity index (χ3n) is 2.71. The van der Waals surface area contributed by atoms with E-state index in [0.29, 0.717) is 0 Å². The molecule has 0 aliphatic rings. The molecule has 0 radical (unpaired) electrons. The van der Waals surface area contributed by atoms with Gasteiger partial charge >= 0.3 is 11.7 Å². The van der Waals surface area contributed by atoms with Crippen molar-refractivity contribution in [3.05, 3.63) is 45.4 Å². The van der Waals surface area contributed by atoms with Crippen molar-refractivity contribution in [3.8, 4) is 0 Å². The first-order valence-electron chi connectivity index (χ1n) is 5.71. The van der Waals surface area contributed by atoms with Gasteiger partial charge in [-0.15, -0.1) is 0 Å². The zero-order valence-electron chi connectivity index (χ0n) is 10.9. The Morgan fingerprint density at radius 2 is 2.05 bits per heavy atom. The van der Waals surface area contributed by atoms with Crippen LogP contribution in [0.1, 0.15) is 0 Å². The van der Waals surface area contributed by atoms with Gasteiger partial charge < -0.3 is 4.74 Å². The number of methoxy groups -OCH3 is 1. The number of carbonyl (C=O) groups is 1. The van der Waals surface area contributed by atoms with E-state index in [1.54, 1.807) is 0 Å². The van der Waals surface area contributed by atoms with E-state index in [-0.39, 0.29) is 17.7 Å². The van der Waals surface area contributed by atoms with Crippen LogP contribution in [0.5, 0.6) is 0 Å². The number of rotatable bonds is 3. The molecule has 0 aromatic carbocycles. The summed E-state index contributed by atoms with van der Waals surface area (Å²) in [7, 11) is 2.74. The van der Waals surface area contributed by atoms with Crippen molar-refractivity contribution in [1.29, 1.82) is 0 Å². The quantitative estimate of drug-likeness (QED) is 0.539. The van der Waals surface area contributed by atoms with Gasteiger partial charge in [-0.05, 0) is 0 Å². The fourth-order valence-electron chi connectivity index (χ4n) is 1.70. The number of nitrogens with zero attached hydrogens (tertiary/aromatic N) is 4. The first kappa shape index (κ1) is 13.7. The first-order valence-corrected chi connectivity index (χ1v) is 5.71. The molecule has 0 unspecified atom stereocenters. The van der Waals surface area contributed by atoms with Crippen LogP contribution in [0, 0.1) is 0 Å². The minimum atomic E-state index is -0.560. The predicted molar refractivity (Wildman–Crippen MR) is 70.2 cm³/mol. The van der Waals surface area contributed by atoms with Crippen LogP contribution in [-0.4, -0.2) is 32.2 Å². The number of fused-ring (bicyclic) bond motifs is 1. The van der Waals surface area contributed by atoms with E-state index in [4.69, 9.17) is 0 Å². The molecule has 0 fully saturated rings. The van der Waals surface area contributed by atoms with Gasteiger partial charge in [0.1, 0.15) is 0 Å². The van der Waals surface area contributed by atoms with Crippen LogP contribution < -0.4 is 11.2 Å². The monoisotopic (exact) mass is 276 g/mol. The van der Waals surface area contributed by atoms with Crippen molar-refractivity contribution >= 4 is 17.1 Å². The normalized spacial score (nSPS) is 11.1. The van der Waals surface area contributed by atoms with Crippen molar-refractivity contribution in [3.63, 3.8) is 0 Å². The van der Waals surface area contributed by atoms with Gasteiger partial charge in [0.2, 0.25) is 0 Å². The number of hydrogen-bond acceptors (Lipinski definition) is 6. The minimum absolute atomic E-state index is 0.0485. The van der Waals surface area contributed by atoms with Gasteiger partial charge in [0.25, 0.3) is 5.56 Å². The molecule has 2 rings (SSSR count). The molecule has 0 aliphatic carbocycles. The highest BCUT2D eigenvalue weighted by Gasteiger charge is 2.11. The standard InChI is InChI=1S/C12H12N4O4/c1-15-10-9(13-5-6-14-10)11(18)16(12(15)19)7-3-4-8(17)20-2/h3-6H,7H2,1-2H3/b4-3-. The van der Waals surface area contributed by atoms with Gasteiger partial charge in [-0.1, -0.05) is 6.08 Å². The van der Waals surface area contributed by atoms with Gasteiger partial charge in [0, 0.05) is 32.1 Å². The molecule has 0 atom stereocenters. The van der Waals surface area contributed by atoms with Crippen molar-refractivity contribution in [2.24, 2.45) is 7.05 Å². The second-order valence-corrected chi connectivity index (χ2v) is 3.91. The summed E-state index contributed by atoms with van der Waals surface area (Å²) in [6.07, 6.45) is 5.30. The Morgan fingerprint density at radius 1 is 1.35 bits per heavy atom. The van der Waals surface area contributed by atoms with Crippen LogP contribution in [0.3, 0.4) is 0 Å². The maximum absolute atomic E-state index is 12.1. The minimum Gasteiger partial charge on any atom is -0.466 e. The van der Waals surface area contributed by atoms with Crippen LogP contribution in [0.25, 0.3) is 11.2 Å². The average molecular weight is 276 g/mol. The van der Waals surface area contributed by atoms with E-state index in [0.717, 1.165) is 10.6 Å². The van der Waals surface area contributed by atoms with Crippen molar-refractivity contribution in [2.75, 3.05) is 7.11 Å². The third-order valence-corrected chi connectivity index (χ3v) is 2.71.